The summed E-state index contributed by atoms with van der Waals surface area (Å²) >= 11 is 2.98. The number of hydrogen-bond acceptors (Lipinski definition) is 4. The van der Waals surface area contributed by atoms with Crippen LogP contribution in [0.4, 0.5) is 4.39 Å². The molecule has 0 saturated heterocycles. The molecule has 0 amide bonds. The SMILES string of the molecule is COc1cc(Br)c(F)cc1S(=O)(=O)N(C)C(C)CN.Cl. The second-order valence-corrected chi connectivity index (χ2v) is 6.84. The van der Waals surface area contributed by atoms with Crippen molar-refractivity contribution in [3.8, 4) is 5.75 Å². The molecule has 0 aliphatic heterocycles. The van der Waals surface area contributed by atoms with Gasteiger partial charge in [0.15, 0.2) is 0 Å². The van der Waals surface area contributed by atoms with Gasteiger partial charge in [-0.05, 0) is 35.0 Å². The Balaban J connectivity index is 0.00000361. The van der Waals surface area contributed by atoms with E-state index in [4.69, 9.17) is 10.5 Å². The molecule has 9 heteroatoms. The number of rotatable bonds is 5. The Labute approximate surface area is 132 Å². The number of methoxy groups -OCH3 is 1. The first-order valence-electron chi connectivity index (χ1n) is 5.46. The van der Waals surface area contributed by atoms with Crippen LogP contribution in [0.25, 0.3) is 0 Å². The third-order valence-corrected chi connectivity index (χ3v) is 5.43. The molecule has 0 spiro atoms. The van der Waals surface area contributed by atoms with Crippen LogP contribution in [0.5, 0.6) is 5.75 Å². The Morgan fingerprint density at radius 3 is 2.50 bits per heavy atom. The van der Waals surface area contributed by atoms with Gasteiger partial charge < -0.3 is 10.5 Å². The molecule has 0 fully saturated rings. The van der Waals surface area contributed by atoms with Gasteiger partial charge in [0.25, 0.3) is 0 Å². The first-order valence-corrected chi connectivity index (χ1v) is 7.70. The molecule has 0 radical (unpaired) electrons. The molecule has 1 unspecified atom stereocenters. The predicted octanol–water partition coefficient (Wildman–Crippen LogP) is 1.99. The minimum Gasteiger partial charge on any atom is -0.495 e. The van der Waals surface area contributed by atoms with E-state index in [1.165, 1.54) is 20.2 Å². The summed E-state index contributed by atoms with van der Waals surface area (Å²) in [4.78, 5) is -0.224. The van der Waals surface area contributed by atoms with Crippen molar-refractivity contribution in [2.75, 3.05) is 20.7 Å². The van der Waals surface area contributed by atoms with Crippen LogP contribution in [0.15, 0.2) is 21.5 Å². The maximum absolute atomic E-state index is 13.6. The smallest absolute Gasteiger partial charge is 0.246 e. The topological polar surface area (TPSA) is 72.6 Å². The molecule has 0 aromatic heterocycles. The average Bonchev–Trinajstić information content (AvgIpc) is 2.39. The normalized spacial score (nSPS) is 12.9. The summed E-state index contributed by atoms with van der Waals surface area (Å²) in [6.45, 7) is 1.83. The van der Waals surface area contributed by atoms with E-state index in [9.17, 15) is 12.8 Å². The van der Waals surface area contributed by atoms with E-state index >= 15 is 0 Å². The average molecular weight is 392 g/mol. The summed E-state index contributed by atoms with van der Waals surface area (Å²) in [6, 6.07) is 1.81. The summed E-state index contributed by atoms with van der Waals surface area (Å²) in [5.41, 5.74) is 5.45. The van der Waals surface area contributed by atoms with E-state index in [0.29, 0.717) is 0 Å². The van der Waals surface area contributed by atoms with Crippen LogP contribution in [-0.4, -0.2) is 39.5 Å². The lowest BCUT2D eigenvalue weighted by Gasteiger charge is -2.24. The monoisotopic (exact) mass is 390 g/mol. The predicted molar refractivity (Wildman–Crippen MR) is 81.4 cm³/mol. The molecule has 20 heavy (non-hydrogen) atoms. The standard InChI is InChI=1S/C11H16BrFN2O3S.ClH/c1-7(6-14)15(2)19(16,17)11-5-9(13)8(12)4-10(11)18-3;/h4-5,7H,6,14H2,1-3H3;1H. The summed E-state index contributed by atoms with van der Waals surface area (Å²) < 4.78 is 44.6. The van der Waals surface area contributed by atoms with E-state index in [1.807, 2.05) is 0 Å². The first-order chi connectivity index (χ1) is 8.75. The van der Waals surface area contributed by atoms with Crippen LogP contribution in [0.1, 0.15) is 6.92 Å². The molecule has 0 saturated carbocycles. The maximum atomic E-state index is 13.6. The van der Waals surface area contributed by atoms with Crippen LogP contribution in [0.3, 0.4) is 0 Å². The highest BCUT2D eigenvalue weighted by Crippen LogP contribution is 2.31. The second kappa shape index (κ2) is 7.56. The molecule has 5 nitrogen and oxygen atoms in total. The molecule has 1 atom stereocenters. The molecular formula is C11H17BrClFN2O3S. The Morgan fingerprint density at radius 1 is 1.50 bits per heavy atom. The number of nitrogens with zero attached hydrogens (tertiary/aromatic N) is 1. The maximum Gasteiger partial charge on any atom is 0.246 e. The highest BCUT2D eigenvalue weighted by Gasteiger charge is 2.29. The molecule has 2 N–H and O–H groups in total. The summed E-state index contributed by atoms with van der Waals surface area (Å²) in [6.07, 6.45) is 0. The van der Waals surface area contributed by atoms with Gasteiger partial charge in [0.05, 0.1) is 11.6 Å². The number of likely N-dealkylation sites (N-methyl/N-ethyl adjacent to an activating group) is 1. The molecule has 0 aliphatic carbocycles. The minimum atomic E-state index is -3.86. The zero-order chi connectivity index (χ0) is 14.8. The minimum absolute atomic E-state index is 0. The van der Waals surface area contributed by atoms with E-state index in [1.54, 1.807) is 6.92 Å². The first kappa shape index (κ1) is 19.6. The van der Waals surface area contributed by atoms with E-state index in [0.717, 1.165) is 10.4 Å². The fraction of sp³-hybridized carbons (Fsp3) is 0.455. The van der Waals surface area contributed by atoms with Crippen molar-refractivity contribution < 1.29 is 17.5 Å². The Hall–Kier alpha value is -0.410. The molecule has 0 heterocycles. The van der Waals surface area contributed by atoms with Crippen molar-refractivity contribution in [2.45, 2.75) is 17.9 Å². The largest absolute Gasteiger partial charge is 0.495 e. The fourth-order valence-electron chi connectivity index (χ4n) is 1.41. The number of ether oxygens (including phenoxy) is 1. The summed E-state index contributed by atoms with van der Waals surface area (Å²) in [5, 5.41) is 0. The van der Waals surface area contributed by atoms with Gasteiger partial charge in [-0.25, -0.2) is 12.8 Å². The highest BCUT2D eigenvalue weighted by atomic mass is 79.9. The van der Waals surface area contributed by atoms with Crippen molar-refractivity contribution in [3.05, 3.63) is 22.4 Å². The van der Waals surface area contributed by atoms with Gasteiger partial charge in [-0.3, -0.25) is 0 Å². The molecule has 116 valence electrons. The van der Waals surface area contributed by atoms with Crippen LogP contribution in [0, 0.1) is 5.82 Å². The Bertz CT molecular complexity index is 571. The van der Waals surface area contributed by atoms with Crippen molar-refractivity contribution in [1.29, 1.82) is 0 Å². The number of benzene rings is 1. The van der Waals surface area contributed by atoms with Gasteiger partial charge in [-0.15, -0.1) is 12.4 Å². The third kappa shape index (κ3) is 3.82. The molecule has 1 rings (SSSR count). The van der Waals surface area contributed by atoms with Gasteiger partial charge in [0.1, 0.15) is 16.5 Å². The molecule has 1 aromatic rings. The van der Waals surface area contributed by atoms with Gasteiger partial charge >= 0.3 is 0 Å². The molecular weight excluding hydrogens is 375 g/mol. The number of nitrogens with two attached hydrogens (primary N) is 1. The van der Waals surface area contributed by atoms with Gasteiger partial charge in [-0.1, -0.05) is 0 Å². The highest BCUT2D eigenvalue weighted by molar-refractivity contribution is 9.10. The lowest BCUT2D eigenvalue weighted by atomic mass is 10.3. The lowest BCUT2D eigenvalue weighted by molar-refractivity contribution is 0.378. The Kier molecular flexibility index (Phi) is 7.40. The van der Waals surface area contributed by atoms with Crippen molar-refractivity contribution >= 4 is 38.4 Å². The second-order valence-electron chi connectivity index (χ2n) is 4.02. The van der Waals surface area contributed by atoms with Crippen LogP contribution in [-0.2, 0) is 10.0 Å². The zero-order valence-corrected chi connectivity index (χ0v) is 14.5. The van der Waals surface area contributed by atoms with E-state index < -0.39 is 21.9 Å². The zero-order valence-electron chi connectivity index (χ0n) is 11.3. The van der Waals surface area contributed by atoms with Crippen LogP contribution in [0.2, 0.25) is 0 Å². The van der Waals surface area contributed by atoms with Crippen LogP contribution >= 0.6 is 28.3 Å². The van der Waals surface area contributed by atoms with E-state index in [2.05, 4.69) is 15.9 Å². The van der Waals surface area contributed by atoms with Crippen molar-refractivity contribution in [1.82, 2.24) is 4.31 Å². The fourth-order valence-corrected chi connectivity index (χ4v) is 3.25. The number of hydrogen-bond donors (Lipinski definition) is 1. The third-order valence-electron chi connectivity index (χ3n) is 2.83. The summed E-state index contributed by atoms with van der Waals surface area (Å²) in [7, 11) is -1.15. The van der Waals surface area contributed by atoms with Gasteiger partial charge in [-0.2, -0.15) is 4.31 Å². The van der Waals surface area contributed by atoms with Crippen LogP contribution < -0.4 is 10.5 Å². The van der Waals surface area contributed by atoms with Crippen molar-refractivity contribution in [3.63, 3.8) is 0 Å². The number of sulfonamides is 1. The summed E-state index contributed by atoms with van der Waals surface area (Å²) in [5.74, 6) is -0.600. The number of halogens is 3. The molecule has 0 aliphatic rings. The quantitative estimate of drug-likeness (QED) is 0.833. The van der Waals surface area contributed by atoms with Crippen molar-refractivity contribution in [2.24, 2.45) is 5.73 Å². The Morgan fingerprint density at radius 2 is 2.05 bits per heavy atom. The van der Waals surface area contributed by atoms with E-state index in [-0.39, 0.29) is 34.1 Å². The molecule has 0 bridgehead atoms. The van der Waals surface area contributed by atoms with Gasteiger partial charge in [0.2, 0.25) is 10.0 Å². The molecule has 1 aromatic carbocycles. The van der Waals surface area contributed by atoms with Gasteiger partial charge in [0, 0.05) is 19.6 Å². The lowest BCUT2D eigenvalue weighted by Crippen LogP contribution is -2.39.